The molecule has 16 heavy (non-hydrogen) atoms. The highest BCUT2D eigenvalue weighted by atomic mass is 16.3. The molecule has 82 valence electrons. The molecule has 3 heteroatoms. The van der Waals surface area contributed by atoms with Gasteiger partial charge in [-0.05, 0) is 23.1 Å². The lowest BCUT2D eigenvalue weighted by atomic mass is 10.1. The molecule has 0 heterocycles. The minimum atomic E-state index is 0.250. The molecule has 2 aromatic carbocycles. The van der Waals surface area contributed by atoms with Crippen molar-refractivity contribution in [3.63, 3.8) is 0 Å². The summed E-state index contributed by atoms with van der Waals surface area (Å²) in [5, 5.41) is 11.6. The Labute approximate surface area is 93.8 Å². The van der Waals surface area contributed by atoms with E-state index in [0.717, 1.165) is 16.3 Å². The summed E-state index contributed by atoms with van der Waals surface area (Å²) < 4.78 is 0. The number of phenols is 1. The first-order chi connectivity index (χ1) is 7.72. The maximum absolute atomic E-state index is 9.64. The van der Waals surface area contributed by atoms with Gasteiger partial charge in [-0.1, -0.05) is 36.9 Å². The van der Waals surface area contributed by atoms with Crippen molar-refractivity contribution in [2.45, 2.75) is 0 Å². The highest BCUT2D eigenvalue weighted by Crippen LogP contribution is 2.26. The third kappa shape index (κ3) is 2.60. The lowest BCUT2D eigenvalue weighted by molar-refractivity contribution is -0.106. The number of phenolic OH excluding ortho intramolecular Hbond substituents is 1. The van der Waals surface area contributed by atoms with Crippen LogP contribution in [0.2, 0.25) is 0 Å². The van der Waals surface area contributed by atoms with Crippen molar-refractivity contribution in [2.75, 3.05) is 0 Å². The summed E-state index contributed by atoms with van der Waals surface area (Å²) in [7, 11) is 0. The Morgan fingerprint density at radius 2 is 1.88 bits per heavy atom. The van der Waals surface area contributed by atoms with Gasteiger partial charge in [0.2, 0.25) is 6.41 Å². The SMILES string of the molecule is C=Cc1cc(O)c2ccccc2c1.NC=O. The second-order valence-corrected chi connectivity index (χ2v) is 3.10. The van der Waals surface area contributed by atoms with Crippen LogP contribution < -0.4 is 5.73 Å². The summed E-state index contributed by atoms with van der Waals surface area (Å²) in [5.41, 5.74) is 5.11. The van der Waals surface area contributed by atoms with Crippen LogP contribution >= 0.6 is 0 Å². The Balaban J connectivity index is 0.000000386. The summed E-state index contributed by atoms with van der Waals surface area (Å²) in [5.74, 6) is 0.313. The van der Waals surface area contributed by atoms with Crippen LogP contribution in [0, 0.1) is 0 Å². The number of carbonyl (C=O) groups excluding carboxylic acids is 1. The van der Waals surface area contributed by atoms with Gasteiger partial charge in [-0.15, -0.1) is 0 Å². The van der Waals surface area contributed by atoms with Gasteiger partial charge >= 0.3 is 0 Å². The number of hydrogen-bond acceptors (Lipinski definition) is 2. The minimum Gasteiger partial charge on any atom is -0.507 e. The van der Waals surface area contributed by atoms with E-state index in [1.807, 2.05) is 30.3 Å². The topological polar surface area (TPSA) is 63.3 Å². The molecule has 0 atom stereocenters. The second-order valence-electron chi connectivity index (χ2n) is 3.10. The van der Waals surface area contributed by atoms with Gasteiger partial charge in [0.15, 0.2) is 0 Å². The molecule has 2 rings (SSSR count). The maximum atomic E-state index is 9.64. The lowest BCUT2D eigenvalue weighted by Gasteiger charge is -2.02. The molecule has 0 spiro atoms. The monoisotopic (exact) mass is 215 g/mol. The van der Waals surface area contributed by atoms with Crippen LogP contribution in [0.4, 0.5) is 0 Å². The predicted molar refractivity (Wildman–Crippen MR) is 66.0 cm³/mol. The van der Waals surface area contributed by atoms with Crippen LogP contribution in [-0.2, 0) is 4.79 Å². The van der Waals surface area contributed by atoms with Crippen molar-refractivity contribution < 1.29 is 9.90 Å². The Bertz CT molecular complexity index is 506. The Morgan fingerprint density at radius 1 is 1.25 bits per heavy atom. The van der Waals surface area contributed by atoms with E-state index < -0.39 is 0 Å². The van der Waals surface area contributed by atoms with E-state index in [1.165, 1.54) is 0 Å². The van der Waals surface area contributed by atoms with Gasteiger partial charge in [-0.25, -0.2) is 0 Å². The Kier molecular flexibility index (Phi) is 4.09. The summed E-state index contributed by atoms with van der Waals surface area (Å²) in [6.45, 7) is 3.67. The van der Waals surface area contributed by atoms with Gasteiger partial charge < -0.3 is 10.8 Å². The van der Waals surface area contributed by atoms with E-state index in [2.05, 4.69) is 12.3 Å². The number of nitrogens with two attached hydrogens (primary N) is 1. The standard InChI is InChI=1S/C12H10O.CH3NO/c1-2-9-7-10-5-3-4-6-11(10)12(13)8-9;2-1-3/h2-8,13H,1H2;1H,(H2,2,3). The predicted octanol–water partition coefficient (Wildman–Crippen LogP) is 2.29. The summed E-state index contributed by atoms with van der Waals surface area (Å²) >= 11 is 0. The molecular weight excluding hydrogens is 202 g/mol. The number of primary amides is 1. The molecule has 3 nitrogen and oxygen atoms in total. The number of amides is 1. The van der Waals surface area contributed by atoms with Gasteiger partial charge in [-0.2, -0.15) is 0 Å². The number of rotatable bonds is 1. The molecule has 0 saturated carbocycles. The van der Waals surface area contributed by atoms with E-state index >= 15 is 0 Å². The van der Waals surface area contributed by atoms with Crippen molar-refractivity contribution in [3.8, 4) is 5.75 Å². The average Bonchev–Trinajstić information content (AvgIpc) is 2.30. The van der Waals surface area contributed by atoms with E-state index in [-0.39, 0.29) is 6.41 Å². The summed E-state index contributed by atoms with van der Waals surface area (Å²) in [6.07, 6.45) is 1.98. The zero-order valence-corrected chi connectivity index (χ0v) is 8.76. The molecule has 3 N–H and O–H groups in total. The minimum absolute atomic E-state index is 0.250. The highest BCUT2D eigenvalue weighted by Gasteiger charge is 1.99. The van der Waals surface area contributed by atoms with E-state index in [0.29, 0.717) is 5.75 Å². The van der Waals surface area contributed by atoms with Crippen LogP contribution in [0.1, 0.15) is 5.56 Å². The fraction of sp³-hybridized carbons (Fsp3) is 0. The van der Waals surface area contributed by atoms with Crippen LogP contribution in [0.5, 0.6) is 5.75 Å². The van der Waals surface area contributed by atoms with Crippen LogP contribution in [0.15, 0.2) is 43.0 Å². The molecule has 0 aliphatic heterocycles. The van der Waals surface area contributed by atoms with Gasteiger partial charge in [0.25, 0.3) is 0 Å². The smallest absolute Gasteiger partial charge is 0.204 e. The fourth-order valence-electron chi connectivity index (χ4n) is 1.43. The van der Waals surface area contributed by atoms with Gasteiger partial charge in [0.1, 0.15) is 5.75 Å². The quantitative estimate of drug-likeness (QED) is 0.717. The fourth-order valence-corrected chi connectivity index (χ4v) is 1.43. The molecule has 0 bridgehead atoms. The number of carbonyl (C=O) groups is 1. The zero-order valence-electron chi connectivity index (χ0n) is 8.76. The third-order valence-corrected chi connectivity index (χ3v) is 2.10. The van der Waals surface area contributed by atoms with Crippen molar-refractivity contribution in [2.24, 2.45) is 5.73 Å². The molecule has 0 aliphatic rings. The zero-order chi connectivity index (χ0) is 12.0. The Hall–Kier alpha value is -2.29. The Morgan fingerprint density at radius 3 is 2.50 bits per heavy atom. The van der Waals surface area contributed by atoms with Gasteiger partial charge in [0, 0.05) is 5.39 Å². The molecule has 0 unspecified atom stereocenters. The molecule has 1 amide bonds. The molecule has 0 saturated heterocycles. The first-order valence-electron chi connectivity index (χ1n) is 4.72. The van der Waals surface area contributed by atoms with Crippen LogP contribution in [-0.4, -0.2) is 11.5 Å². The number of hydrogen-bond donors (Lipinski definition) is 2. The molecular formula is C13H13NO2. The first kappa shape index (κ1) is 11.8. The largest absolute Gasteiger partial charge is 0.507 e. The number of benzene rings is 2. The lowest BCUT2D eigenvalue weighted by Crippen LogP contribution is -1.82. The van der Waals surface area contributed by atoms with E-state index in [4.69, 9.17) is 4.79 Å². The van der Waals surface area contributed by atoms with Crippen molar-refractivity contribution in [1.82, 2.24) is 0 Å². The summed E-state index contributed by atoms with van der Waals surface area (Å²) in [6, 6.07) is 11.5. The van der Waals surface area contributed by atoms with Gasteiger partial charge in [0.05, 0.1) is 0 Å². The average molecular weight is 215 g/mol. The molecule has 2 aromatic rings. The molecule has 0 aliphatic carbocycles. The normalized spacial score (nSPS) is 9.00. The van der Waals surface area contributed by atoms with Gasteiger partial charge in [-0.3, -0.25) is 4.79 Å². The third-order valence-electron chi connectivity index (χ3n) is 2.10. The number of fused-ring (bicyclic) bond motifs is 1. The van der Waals surface area contributed by atoms with Crippen molar-refractivity contribution in [3.05, 3.63) is 48.5 Å². The second kappa shape index (κ2) is 5.56. The maximum Gasteiger partial charge on any atom is 0.204 e. The van der Waals surface area contributed by atoms with Crippen LogP contribution in [0.3, 0.4) is 0 Å². The van der Waals surface area contributed by atoms with Crippen molar-refractivity contribution >= 4 is 23.3 Å². The van der Waals surface area contributed by atoms with Crippen LogP contribution in [0.25, 0.3) is 16.8 Å². The highest BCUT2D eigenvalue weighted by molar-refractivity contribution is 5.90. The molecule has 0 fully saturated rings. The van der Waals surface area contributed by atoms with E-state index in [9.17, 15) is 5.11 Å². The summed E-state index contributed by atoms with van der Waals surface area (Å²) in [4.78, 5) is 8.58. The van der Waals surface area contributed by atoms with E-state index in [1.54, 1.807) is 12.1 Å². The molecule has 0 radical (unpaired) electrons. The first-order valence-corrected chi connectivity index (χ1v) is 4.72. The number of aromatic hydroxyl groups is 1. The molecule has 0 aromatic heterocycles. The van der Waals surface area contributed by atoms with Crippen molar-refractivity contribution in [1.29, 1.82) is 0 Å².